The van der Waals surface area contributed by atoms with Crippen molar-refractivity contribution in [2.24, 2.45) is 0 Å². The topological polar surface area (TPSA) is 59.3 Å². The zero-order valence-corrected chi connectivity index (χ0v) is 10.6. The summed E-state index contributed by atoms with van der Waals surface area (Å²) in [6.07, 6.45) is 0. The van der Waals surface area contributed by atoms with E-state index in [9.17, 15) is 22.8 Å². The monoisotopic (exact) mass is 285 g/mol. The molecule has 2 aromatic rings. The zero-order valence-electron chi connectivity index (χ0n) is 10.6. The van der Waals surface area contributed by atoms with Crippen molar-refractivity contribution < 1.29 is 23.1 Å². The Morgan fingerprint density at radius 3 is 2.40 bits per heavy atom. The van der Waals surface area contributed by atoms with Gasteiger partial charge in [0.25, 0.3) is 0 Å². The molecule has 0 radical (unpaired) electrons. The molecule has 0 spiro atoms. The van der Waals surface area contributed by atoms with E-state index in [1.165, 1.54) is 13.8 Å². The van der Waals surface area contributed by atoms with Crippen LogP contribution in [-0.4, -0.2) is 15.6 Å². The molecule has 2 rings (SSSR count). The van der Waals surface area contributed by atoms with Crippen LogP contribution in [0.4, 0.5) is 13.2 Å². The van der Waals surface area contributed by atoms with Crippen molar-refractivity contribution in [2.75, 3.05) is 0 Å². The average Bonchev–Trinajstić information content (AvgIpc) is 2.39. The predicted molar refractivity (Wildman–Crippen MR) is 65.5 cm³/mol. The van der Waals surface area contributed by atoms with Crippen LogP contribution in [-0.2, 0) is 6.54 Å². The molecular weight excluding hydrogens is 275 g/mol. The Balaban J connectivity index is 3.19. The number of pyridine rings is 1. The number of carboxylic acid groups (broad SMARTS) is 1. The number of aryl methyl sites for hydroxylation is 1. The van der Waals surface area contributed by atoms with Crippen molar-refractivity contribution in [1.82, 2.24) is 4.57 Å². The van der Waals surface area contributed by atoms with Crippen LogP contribution >= 0.6 is 0 Å². The van der Waals surface area contributed by atoms with Gasteiger partial charge in [0, 0.05) is 12.1 Å². The molecular formula is C13H10F3NO3. The van der Waals surface area contributed by atoms with Gasteiger partial charge in [-0.2, -0.15) is 0 Å². The van der Waals surface area contributed by atoms with Crippen LogP contribution in [0.25, 0.3) is 10.9 Å². The van der Waals surface area contributed by atoms with Gasteiger partial charge in [0.05, 0.1) is 10.9 Å². The van der Waals surface area contributed by atoms with Crippen molar-refractivity contribution in [1.29, 1.82) is 0 Å². The number of fused-ring (bicyclic) bond motifs is 1. The summed E-state index contributed by atoms with van der Waals surface area (Å²) in [5, 5.41) is 8.74. The third-order valence-electron chi connectivity index (χ3n) is 3.14. The maximum Gasteiger partial charge on any atom is 0.352 e. The van der Waals surface area contributed by atoms with E-state index in [1.807, 2.05) is 0 Å². The lowest BCUT2D eigenvalue weighted by Crippen LogP contribution is -2.23. The molecule has 0 unspecified atom stereocenters. The highest BCUT2D eigenvalue weighted by molar-refractivity contribution is 5.92. The summed E-state index contributed by atoms with van der Waals surface area (Å²) in [5.41, 5.74) is -1.97. The Kier molecular flexibility index (Phi) is 3.29. The first-order valence-corrected chi connectivity index (χ1v) is 5.75. The predicted octanol–water partition coefficient (Wildman–Crippen LogP) is 2.45. The Morgan fingerprint density at radius 2 is 1.90 bits per heavy atom. The Bertz CT molecular complexity index is 796. The second-order valence-corrected chi connectivity index (χ2v) is 4.23. The standard InChI is InChI=1S/C13H10F3NO3/c1-3-17-10(13(19)20)5(2)12(18)6-4-7(14)8(15)9(16)11(6)17/h4H,3H2,1-2H3,(H,19,20). The number of carboxylic acids is 1. The summed E-state index contributed by atoms with van der Waals surface area (Å²) < 4.78 is 41.4. The van der Waals surface area contributed by atoms with Gasteiger partial charge in [0.1, 0.15) is 5.69 Å². The van der Waals surface area contributed by atoms with E-state index in [4.69, 9.17) is 5.11 Å². The molecule has 1 aromatic heterocycles. The highest BCUT2D eigenvalue weighted by Crippen LogP contribution is 2.23. The molecule has 0 aliphatic carbocycles. The number of nitrogens with zero attached hydrogens (tertiary/aromatic N) is 1. The summed E-state index contributed by atoms with van der Waals surface area (Å²) in [4.78, 5) is 23.2. The van der Waals surface area contributed by atoms with Crippen LogP contribution in [0.2, 0.25) is 0 Å². The SMILES string of the molecule is CCn1c(C(=O)O)c(C)c(=O)c2cc(F)c(F)c(F)c21. The summed E-state index contributed by atoms with van der Waals surface area (Å²) in [6.45, 7) is 2.74. The van der Waals surface area contributed by atoms with E-state index in [0.717, 1.165) is 4.57 Å². The summed E-state index contributed by atoms with van der Waals surface area (Å²) >= 11 is 0. The summed E-state index contributed by atoms with van der Waals surface area (Å²) in [6, 6.07) is 0.584. The summed E-state index contributed by atoms with van der Waals surface area (Å²) in [7, 11) is 0. The lowest BCUT2D eigenvalue weighted by atomic mass is 10.1. The number of aromatic nitrogens is 1. The third-order valence-corrected chi connectivity index (χ3v) is 3.14. The first-order valence-electron chi connectivity index (χ1n) is 5.75. The highest BCUT2D eigenvalue weighted by atomic mass is 19.2. The molecule has 0 amide bonds. The average molecular weight is 285 g/mol. The molecule has 0 fully saturated rings. The van der Waals surface area contributed by atoms with Crippen molar-refractivity contribution >= 4 is 16.9 Å². The third kappa shape index (κ3) is 1.77. The largest absolute Gasteiger partial charge is 0.477 e. The second kappa shape index (κ2) is 4.66. The Morgan fingerprint density at radius 1 is 1.30 bits per heavy atom. The number of hydrogen-bond donors (Lipinski definition) is 1. The van der Waals surface area contributed by atoms with Gasteiger partial charge in [-0.05, 0) is 19.9 Å². The number of rotatable bonds is 2. The fourth-order valence-corrected chi connectivity index (χ4v) is 2.24. The molecule has 0 aliphatic heterocycles. The fourth-order valence-electron chi connectivity index (χ4n) is 2.24. The van der Waals surface area contributed by atoms with Gasteiger partial charge in [0.15, 0.2) is 22.9 Å². The molecule has 4 nitrogen and oxygen atoms in total. The van der Waals surface area contributed by atoms with Gasteiger partial charge in [0.2, 0.25) is 0 Å². The van der Waals surface area contributed by atoms with Crippen LogP contribution in [0, 0.1) is 24.4 Å². The molecule has 0 atom stereocenters. The molecule has 7 heteroatoms. The molecule has 0 saturated carbocycles. The van der Waals surface area contributed by atoms with Crippen molar-refractivity contribution in [2.45, 2.75) is 20.4 Å². The van der Waals surface area contributed by atoms with E-state index in [1.54, 1.807) is 0 Å². The molecule has 106 valence electrons. The molecule has 1 heterocycles. The number of hydrogen-bond acceptors (Lipinski definition) is 2. The molecule has 1 aromatic carbocycles. The van der Waals surface area contributed by atoms with Crippen LogP contribution in [0.1, 0.15) is 23.0 Å². The van der Waals surface area contributed by atoms with Crippen molar-refractivity contribution in [3.05, 3.63) is 45.0 Å². The van der Waals surface area contributed by atoms with E-state index in [2.05, 4.69) is 0 Å². The highest BCUT2D eigenvalue weighted by Gasteiger charge is 2.24. The Labute approximate surface area is 111 Å². The van der Waals surface area contributed by atoms with E-state index < -0.39 is 40.1 Å². The van der Waals surface area contributed by atoms with Gasteiger partial charge in [-0.3, -0.25) is 4.79 Å². The van der Waals surface area contributed by atoms with Crippen LogP contribution in [0.15, 0.2) is 10.9 Å². The lowest BCUT2D eigenvalue weighted by molar-refractivity contribution is 0.0684. The van der Waals surface area contributed by atoms with Gasteiger partial charge in [-0.1, -0.05) is 0 Å². The van der Waals surface area contributed by atoms with Gasteiger partial charge < -0.3 is 9.67 Å². The number of benzene rings is 1. The van der Waals surface area contributed by atoms with Crippen molar-refractivity contribution in [3.63, 3.8) is 0 Å². The minimum absolute atomic E-state index is 0.0127. The second-order valence-electron chi connectivity index (χ2n) is 4.23. The summed E-state index contributed by atoms with van der Waals surface area (Å²) in [5.74, 6) is -6.23. The Hall–Kier alpha value is -2.31. The zero-order chi connectivity index (χ0) is 15.2. The molecule has 20 heavy (non-hydrogen) atoms. The molecule has 0 saturated heterocycles. The van der Waals surface area contributed by atoms with E-state index in [0.29, 0.717) is 6.07 Å². The molecule has 1 N–H and O–H groups in total. The van der Waals surface area contributed by atoms with Gasteiger partial charge in [-0.25, -0.2) is 18.0 Å². The minimum atomic E-state index is -1.74. The van der Waals surface area contributed by atoms with Gasteiger partial charge >= 0.3 is 5.97 Å². The first-order chi connectivity index (χ1) is 9.31. The maximum absolute atomic E-state index is 13.9. The quantitative estimate of drug-likeness (QED) is 0.862. The lowest BCUT2D eigenvalue weighted by Gasteiger charge is -2.15. The van der Waals surface area contributed by atoms with Crippen LogP contribution in [0.5, 0.6) is 0 Å². The first kappa shape index (κ1) is 14.1. The molecule has 0 bridgehead atoms. The van der Waals surface area contributed by atoms with E-state index in [-0.39, 0.29) is 17.5 Å². The molecule has 0 aliphatic rings. The minimum Gasteiger partial charge on any atom is -0.477 e. The fraction of sp³-hybridized carbons (Fsp3) is 0.231. The van der Waals surface area contributed by atoms with E-state index >= 15 is 0 Å². The van der Waals surface area contributed by atoms with Gasteiger partial charge in [-0.15, -0.1) is 0 Å². The maximum atomic E-state index is 13.9. The smallest absolute Gasteiger partial charge is 0.352 e. The normalized spacial score (nSPS) is 11.1. The number of carbonyl (C=O) groups is 1. The van der Waals surface area contributed by atoms with Crippen molar-refractivity contribution in [3.8, 4) is 0 Å². The number of halogens is 3. The van der Waals surface area contributed by atoms with Crippen LogP contribution in [0.3, 0.4) is 0 Å². The number of aromatic carboxylic acids is 1. The van der Waals surface area contributed by atoms with Crippen LogP contribution < -0.4 is 5.43 Å².